The number of nitrogens with two attached hydrogens (primary N) is 1. The smallest absolute Gasteiger partial charge is 0.261 e. The van der Waals surface area contributed by atoms with Crippen LogP contribution >= 0.6 is 11.3 Å². The van der Waals surface area contributed by atoms with E-state index >= 15 is 0 Å². The minimum atomic E-state index is -0.248. The summed E-state index contributed by atoms with van der Waals surface area (Å²) in [6.07, 6.45) is 0.894. The minimum Gasteiger partial charge on any atom is -0.369 e. The second kappa shape index (κ2) is 7.79. The van der Waals surface area contributed by atoms with Crippen LogP contribution in [0.2, 0.25) is 0 Å². The van der Waals surface area contributed by atoms with Gasteiger partial charge >= 0.3 is 0 Å². The molecule has 7 nitrogen and oxygen atoms in total. The molecule has 0 saturated carbocycles. The lowest BCUT2D eigenvalue weighted by molar-refractivity contribution is 0.0943. The standard InChI is InChI=1S/C19H23N5O2S/c1-4-11(2)21-18(26)15-7-8-16(27-15)24(3)10-12-5-6-14-13(9-12)17(25)23-19(20)22-14/h5-9,11H,4,10H2,1-3H3,(H,21,26)(H3,20,22,23,25). The fraction of sp³-hybridized carbons (Fsp3) is 0.316. The van der Waals surface area contributed by atoms with Crippen LogP contribution in [0.15, 0.2) is 35.1 Å². The Hall–Kier alpha value is -2.87. The largest absolute Gasteiger partial charge is 0.369 e. The normalized spacial score (nSPS) is 12.1. The highest BCUT2D eigenvalue weighted by Crippen LogP contribution is 2.27. The Morgan fingerprint density at radius 3 is 2.89 bits per heavy atom. The van der Waals surface area contributed by atoms with Gasteiger partial charge in [-0.2, -0.15) is 0 Å². The van der Waals surface area contributed by atoms with Gasteiger partial charge in [0.25, 0.3) is 11.5 Å². The molecule has 142 valence electrons. The van der Waals surface area contributed by atoms with Gasteiger partial charge in [0, 0.05) is 19.6 Å². The molecule has 0 bridgehead atoms. The monoisotopic (exact) mass is 385 g/mol. The number of anilines is 2. The summed E-state index contributed by atoms with van der Waals surface area (Å²) < 4.78 is 0. The van der Waals surface area contributed by atoms with Crippen LogP contribution in [-0.4, -0.2) is 29.0 Å². The van der Waals surface area contributed by atoms with E-state index in [4.69, 9.17) is 5.73 Å². The van der Waals surface area contributed by atoms with E-state index < -0.39 is 0 Å². The van der Waals surface area contributed by atoms with E-state index in [9.17, 15) is 9.59 Å². The summed E-state index contributed by atoms with van der Waals surface area (Å²) in [6.45, 7) is 4.63. The highest BCUT2D eigenvalue weighted by atomic mass is 32.1. The Labute approximate surface area is 161 Å². The van der Waals surface area contributed by atoms with Crippen molar-refractivity contribution in [1.82, 2.24) is 15.3 Å². The van der Waals surface area contributed by atoms with Crippen molar-refractivity contribution in [2.24, 2.45) is 0 Å². The maximum absolute atomic E-state index is 12.2. The van der Waals surface area contributed by atoms with Crippen LogP contribution in [0.5, 0.6) is 0 Å². The Bertz CT molecular complexity index is 1030. The molecule has 0 saturated heterocycles. The third-order valence-corrected chi connectivity index (χ3v) is 5.59. The Balaban J connectivity index is 1.76. The zero-order valence-corrected chi connectivity index (χ0v) is 16.4. The van der Waals surface area contributed by atoms with Crippen molar-refractivity contribution in [3.8, 4) is 0 Å². The molecule has 1 atom stereocenters. The molecule has 1 aromatic carbocycles. The van der Waals surface area contributed by atoms with Crippen molar-refractivity contribution in [3.05, 3.63) is 51.1 Å². The molecular weight excluding hydrogens is 362 g/mol. The van der Waals surface area contributed by atoms with Crippen LogP contribution in [0.4, 0.5) is 10.9 Å². The number of nitrogens with one attached hydrogen (secondary N) is 2. The van der Waals surface area contributed by atoms with E-state index in [-0.39, 0.29) is 23.5 Å². The second-order valence-electron chi connectivity index (χ2n) is 6.58. The third kappa shape index (κ3) is 4.28. The highest BCUT2D eigenvalue weighted by Gasteiger charge is 2.14. The van der Waals surface area contributed by atoms with Gasteiger partial charge in [0.15, 0.2) is 0 Å². The summed E-state index contributed by atoms with van der Waals surface area (Å²) >= 11 is 1.45. The van der Waals surface area contributed by atoms with Crippen LogP contribution in [0.1, 0.15) is 35.5 Å². The molecule has 27 heavy (non-hydrogen) atoms. The number of rotatable bonds is 6. The van der Waals surface area contributed by atoms with Gasteiger partial charge in [-0.15, -0.1) is 11.3 Å². The number of amides is 1. The number of hydrogen-bond acceptors (Lipinski definition) is 6. The summed E-state index contributed by atoms with van der Waals surface area (Å²) in [5, 5.41) is 4.47. The zero-order valence-electron chi connectivity index (χ0n) is 15.6. The van der Waals surface area contributed by atoms with Gasteiger partial charge in [-0.1, -0.05) is 13.0 Å². The number of fused-ring (bicyclic) bond motifs is 1. The Morgan fingerprint density at radius 1 is 1.37 bits per heavy atom. The third-order valence-electron chi connectivity index (χ3n) is 4.39. The molecule has 8 heteroatoms. The molecule has 1 unspecified atom stereocenters. The number of aromatic nitrogens is 2. The van der Waals surface area contributed by atoms with Crippen LogP contribution in [-0.2, 0) is 6.54 Å². The molecule has 3 rings (SSSR count). The van der Waals surface area contributed by atoms with Crippen LogP contribution in [0, 0.1) is 0 Å². The number of carbonyl (C=O) groups is 1. The van der Waals surface area contributed by atoms with Crippen LogP contribution < -0.4 is 21.5 Å². The Kier molecular flexibility index (Phi) is 5.46. The first-order valence-corrected chi connectivity index (χ1v) is 9.59. The molecule has 0 aliphatic carbocycles. The first-order chi connectivity index (χ1) is 12.9. The number of nitrogen functional groups attached to an aromatic ring is 1. The van der Waals surface area contributed by atoms with Crippen molar-refractivity contribution in [2.45, 2.75) is 32.9 Å². The van der Waals surface area contributed by atoms with E-state index in [1.54, 1.807) is 6.07 Å². The Morgan fingerprint density at radius 2 is 2.15 bits per heavy atom. The van der Waals surface area contributed by atoms with Crippen LogP contribution in [0.3, 0.4) is 0 Å². The topological polar surface area (TPSA) is 104 Å². The van der Waals surface area contributed by atoms with E-state index in [1.165, 1.54) is 11.3 Å². The van der Waals surface area contributed by atoms with Gasteiger partial charge in [0.2, 0.25) is 5.95 Å². The van der Waals surface area contributed by atoms with E-state index in [0.29, 0.717) is 22.3 Å². The summed E-state index contributed by atoms with van der Waals surface area (Å²) in [7, 11) is 1.96. The lowest BCUT2D eigenvalue weighted by atomic mass is 10.1. The van der Waals surface area contributed by atoms with Gasteiger partial charge in [-0.3, -0.25) is 14.6 Å². The first kappa shape index (κ1) is 18.9. The average molecular weight is 385 g/mol. The lowest BCUT2D eigenvalue weighted by Crippen LogP contribution is -2.31. The molecule has 0 fully saturated rings. The fourth-order valence-corrected chi connectivity index (χ4v) is 3.58. The first-order valence-electron chi connectivity index (χ1n) is 8.77. The number of nitrogens with zero attached hydrogens (tertiary/aromatic N) is 2. The molecule has 3 aromatic rings. The van der Waals surface area contributed by atoms with Crippen LogP contribution in [0.25, 0.3) is 10.9 Å². The van der Waals surface area contributed by atoms with Gasteiger partial charge < -0.3 is 16.0 Å². The summed E-state index contributed by atoms with van der Waals surface area (Å²) in [4.78, 5) is 33.7. The molecule has 2 aromatic heterocycles. The van der Waals surface area contributed by atoms with E-state index in [2.05, 4.69) is 15.3 Å². The second-order valence-corrected chi connectivity index (χ2v) is 7.64. The van der Waals surface area contributed by atoms with Crippen molar-refractivity contribution in [1.29, 1.82) is 0 Å². The molecule has 0 radical (unpaired) electrons. The molecule has 4 N–H and O–H groups in total. The zero-order chi connectivity index (χ0) is 19.6. The minimum absolute atomic E-state index is 0.0464. The quantitative estimate of drug-likeness (QED) is 0.605. The van der Waals surface area contributed by atoms with Crippen molar-refractivity contribution < 1.29 is 4.79 Å². The van der Waals surface area contributed by atoms with Crippen molar-refractivity contribution in [2.75, 3.05) is 17.7 Å². The predicted molar refractivity (Wildman–Crippen MR) is 110 cm³/mol. The number of H-pyrrole nitrogens is 1. The molecule has 0 aliphatic heterocycles. The predicted octanol–water partition coefficient (Wildman–Crippen LogP) is 2.73. The van der Waals surface area contributed by atoms with Gasteiger partial charge in [0.05, 0.1) is 20.8 Å². The van der Waals surface area contributed by atoms with E-state index in [1.807, 2.05) is 50.1 Å². The molecule has 1 amide bonds. The highest BCUT2D eigenvalue weighted by molar-refractivity contribution is 7.17. The molecule has 2 heterocycles. The van der Waals surface area contributed by atoms with Gasteiger partial charge in [-0.05, 0) is 43.2 Å². The van der Waals surface area contributed by atoms with Crippen molar-refractivity contribution >= 4 is 39.1 Å². The maximum atomic E-state index is 12.2. The lowest BCUT2D eigenvalue weighted by Gasteiger charge is -2.17. The maximum Gasteiger partial charge on any atom is 0.261 e. The average Bonchev–Trinajstić information content (AvgIpc) is 3.12. The number of hydrogen-bond donors (Lipinski definition) is 3. The van der Waals surface area contributed by atoms with Gasteiger partial charge in [0.1, 0.15) is 0 Å². The summed E-state index contributed by atoms with van der Waals surface area (Å²) in [6, 6.07) is 9.47. The number of benzene rings is 1. The molecule has 0 spiro atoms. The molecule has 0 aliphatic rings. The van der Waals surface area contributed by atoms with Gasteiger partial charge in [-0.25, -0.2) is 4.98 Å². The summed E-state index contributed by atoms with van der Waals surface area (Å²) in [5.41, 5.74) is 6.88. The SMILES string of the molecule is CCC(C)NC(=O)c1ccc(N(C)Cc2ccc3nc(N)[nH]c(=O)c3c2)s1. The van der Waals surface area contributed by atoms with E-state index in [0.717, 1.165) is 17.0 Å². The number of aromatic amines is 1. The fourth-order valence-electron chi connectivity index (χ4n) is 2.71. The number of thiophene rings is 1. The summed E-state index contributed by atoms with van der Waals surface area (Å²) in [5.74, 6) is 0.0639. The number of carbonyl (C=O) groups excluding carboxylic acids is 1. The molecular formula is C19H23N5O2S. The van der Waals surface area contributed by atoms with Crippen molar-refractivity contribution in [3.63, 3.8) is 0 Å².